The molecular formula is C16H18ClN3S. The van der Waals surface area contributed by atoms with E-state index in [1.54, 1.807) is 11.3 Å². The van der Waals surface area contributed by atoms with Gasteiger partial charge in [0.05, 0.1) is 21.4 Å². The number of aryl methyl sites for hydroxylation is 1. The van der Waals surface area contributed by atoms with Gasteiger partial charge in [0.15, 0.2) is 0 Å². The Bertz CT molecular complexity index is 746. The molecule has 0 aliphatic carbocycles. The molecule has 0 aliphatic rings. The largest absolute Gasteiger partial charge is 0.326 e. The predicted molar refractivity (Wildman–Crippen MR) is 89.3 cm³/mol. The van der Waals surface area contributed by atoms with Gasteiger partial charge in [0, 0.05) is 24.0 Å². The van der Waals surface area contributed by atoms with Crippen molar-refractivity contribution in [1.82, 2.24) is 14.5 Å². The van der Waals surface area contributed by atoms with Gasteiger partial charge < -0.3 is 4.57 Å². The fourth-order valence-electron chi connectivity index (χ4n) is 2.58. The molecule has 2 atom stereocenters. The molecule has 0 bridgehead atoms. The summed E-state index contributed by atoms with van der Waals surface area (Å²) in [4.78, 5) is 9.12. The summed E-state index contributed by atoms with van der Waals surface area (Å²) in [6.45, 7) is 7.12. The number of rotatable bonds is 4. The van der Waals surface area contributed by atoms with E-state index in [1.807, 2.05) is 18.5 Å². The van der Waals surface area contributed by atoms with Gasteiger partial charge in [-0.15, -0.1) is 22.9 Å². The van der Waals surface area contributed by atoms with Crippen LogP contribution in [0.5, 0.6) is 0 Å². The third-order valence-corrected chi connectivity index (χ3v) is 4.82. The maximum atomic E-state index is 6.33. The first-order valence-corrected chi connectivity index (χ1v) is 8.38. The Hall–Kier alpha value is -1.39. The third-order valence-electron chi connectivity index (χ3n) is 3.62. The van der Waals surface area contributed by atoms with Crippen molar-refractivity contribution < 1.29 is 0 Å². The van der Waals surface area contributed by atoms with Crippen molar-refractivity contribution >= 4 is 34.0 Å². The second-order valence-corrected chi connectivity index (χ2v) is 7.04. The zero-order valence-corrected chi connectivity index (χ0v) is 13.9. The average molecular weight is 320 g/mol. The molecule has 5 heteroatoms. The van der Waals surface area contributed by atoms with E-state index in [0.717, 1.165) is 28.4 Å². The van der Waals surface area contributed by atoms with E-state index < -0.39 is 0 Å². The molecule has 1 aromatic carbocycles. The maximum Gasteiger partial charge on any atom is 0.127 e. The van der Waals surface area contributed by atoms with Crippen LogP contribution in [0.25, 0.3) is 11.0 Å². The fraction of sp³-hybridized carbons (Fsp3) is 0.375. The normalized spacial score (nSPS) is 14.5. The number of halogens is 1. The molecule has 3 rings (SSSR count). The van der Waals surface area contributed by atoms with E-state index in [0.29, 0.717) is 5.92 Å². The molecule has 110 valence electrons. The Morgan fingerprint density at radius 3 is 2.81 bits per heavy atom. The molecule has 0 amide bonds. The van der Waals surface area contributed by atoms with Crippen LogP contribution in [-0.2, 0) is 6.54 Å². The first-order chi connectivity index (χ1) is 10.1. The van der Waals surface area contributed by atoms with E-state index in [4.69, 9.17) is 16.6 Å². The van der Waals surface area contributed by atoms with Gasteiger partial charge in [-0.1, -0.05) is 13.0 Å². The van der Waals surface area contributed by atoms with Crippen LogP contribution in [0.1, 0.15) is 41.5 Å². The SMILES string of the molecule is Cc1ccc2nc(C(C)Cl)n(CC(C)c3nccs3)c2c1. The molecule has 0 spiro atoms. The topological polar surface area (TPSA) is 30.7 Å². The quantitative estimate of drug-likeness (QED) is 0.640. The molecule has 2 unspecified atom stereocenters. The van der Waals surface area contributed by atoms with Crippen molar-refractivity contribution in [3.8, 4) is 0 Å². The summed E-state index contributed by atoms with van der Waals surface area (Å²) in [7, 11) is 0. The van der Waals surface area contributed by atoms with Gasteiger partial charge in [0.2, 0.25) is 0 Å². The molecular weight excluding hydrogens is 302 g/mol. The molecule has 3 nitrogen and oxygen atoms in total. The summed E-state index contributed by atoms with van der Waals surface area (Å²) in [5.41, 5.74) is 3.40. The monoisotopic (exact) mass is 319 g/mol. The van der Waals surface area contributed by atoms with Crippen molar-refractivity contribution in [3.05, 3.63) is 46.2 Å². The lowest BCUT2D eigenvalue weighted by molar-refractivity contribution is 0.583. The highest BCUT2D eigenvalue weighted by molar-refractivity contribution is 7.09. The summed E-state index contributed by atoms with van der Waals surface area (Å²) in [5.74, 6) is 1.28. The van der Waals surface area contributed by atoms with Gasteiger partial charge in [-0.05, 0) is 31.5 Å². The van der Waals surface area contributed by atoms with E-state index in [9.17, 15) is 0 Å². The summed E-state index contributed by atoms with van der Waals surface area (Å²) < 4.78 is 2.24. The van der Waals surface area contributed by atoms with E-state index in [-0.39, 0.29) is 5.38 Å². The summed E-state index contributed by atoms with van der Waals surface area (Å²) in [5, 5.41) is 3.06. The van der Waals surface area contributed by atoms with Gasteiger partial charge in [-0.2, -0.15) is 0 Å². The first-order valence-electron chi connectivity index (χ1n) is 7.06. The number of hydrogen-bond acceptors (Lipinski definition) is 3. The van der Waals surface area contributed by atoms with Crippen molar-refractivity contribution in [2.45, 2.75) is 38.6 Å². The standard InChI is InChI=1S/C16H18ClN3S/c1-10-4-5-13-14(8-10)20(15(19-13)12(3)17)9-11(2)16-18-6-7-21-16/h4-8,11-12H,9H2,1-3H3. The zero-order valence-electron chi connectivity index (χ0n) is 12.4. The van der Waals surface area contributed by atoms with Gasteiger partial charge in [-0.25, -0.2) is 9.97 Å². The Balaban J connectivity index is 2.06. The van der Waals surface area contributed by atoms with Gasteiger partial charge in [0.1, 0.15) is 5.82 Å². The number of fused-ring (bicyclic) bond motifs is 1. The lowest BCUT2D eigenvalue weighted by Gasteiger charge is -2.14. The smallest absolute Gasteiger partial charge is 0.127 e. The van der Waals surface area contributed by atoms with Crippen LogP contribution in [0.15, 0.2) is 29.8 Å². The summed E-state index contributed by atoms with van der Waals surface area (Å²) in [6, 6.07) is 6.34. The van der Waals surface area contributed by atoms with Gasteiger partial charge in [-0.3, -0.25) is 0 Å². The van der Waals surface area contributed by atoms with Crippen LogP contribution in [0.4, 0.5) is 0 Å². The Morgan fingerprint density at radius 2 is 2.14 bits per heavy atom. The fourth-order valence-corrected chi connectivity index (χ4v) is 3.43. The zero-order chi connectivity index (χ0) is 15.0. The van der Waals surface area contributed by atoms with Crippen LogP contribution in [0, 0.1) is 6.92 Å². The molecule has 0 saturated heterocycles. The molecule has 0 aliphatic heterocycles. The average Bonchev–Trinajstić information content (AvgIpc) is 3.07. The number of nitrogens with zero attached hydrogens (tertiary/aromatic N) is 3. The van der Waals surface area contributed by atoms with Crippen molar-refractivity contribution in [2.75, 3.05) is 0 Å². The highest BCUT2D eigenvalue weighted by Gasteiger charge is 2.18. The van der Waals surface area contributed by atoms with Gasteiger partial charge >= 0.3 is 0 Å². The Morgan fingerprint density at radius 1 is 1.33 bits per heavy atom. The number of thiazole rings is 1. The molecule has 3 aromatic rings. The number of imidazole rings is 1. The molecule has 0 N–H and O–H groups in total. The summed E-state index contributed by atoms with van der Waals surface area (Å²) >= 11 is 8.03. The van der Waals surface area contributed by atoms with E-state index in [1.165, 1.54) is 5.56 Å². The highest BCUT2D eigenvalue weighted by atomic mass is 35.5. The maximum absolute atomic E-state index is 6.33. The molecule has 2 heterocycles. The number of alkyl halides is 1. The third kappa shape index (κ3) is 2.83. The molecule has 0 fully saturated rings. The molecule has 0 saturated carbocycles. The molecule has 0 radical (unpaired) electrons. The van der Waals surface area contributed by atoms with Crippen LogP contribution in [0.2, 0.25) is 0 Å². The lowest BCUT2D eigenvalue weighted by atomic mass is 10.1. The highest BCUT2D eigenvalue weighted by Crippen LogP contribution is 2.28. The minimum absolute atomic E-state index is 0.110. The van der Waals surface area contributed by atoms with Crippen LogP contribution >= 0.6 is 22.9 Å². The van der Waals surface area contributed by atoms with Crippen LogP contribution in [0.3, 0.4) is 0 Å². The van der Waals surface area contributed by atoms with E-state index >= 15 is 0 Å². The van der Waals surface area contributed by atoms with Crippen LogP contribution in [-0.4, -0.2) is 14.5 Å². The van der Waals surface area contributed by atoms with E-state index in [2.05, 4.69) is 41.6 Å². The molecule has 21 heavy (non-hydrogen) atoms. The minimum Gasteiger partial charge on any atom is -0.326 e. The lowest BCUT2D eigenvalue weighted by Crippen LogP contribution is -2.10. The second kappa shape index (κ2) is 5.78. The first kappa shape index (κ1) is 14.5. The number of benzene rings is 1. The summed E-state index contributed by atoms with van der Waals surface area (Å²) in [6.07, 6.45) is 1.86. The van der Waals surface area contributed by atoms with Crippen molar-refractivity contribution in [2.24, 2.45) is 0 Å². The predicted octanol–water partition coefficient (Wildman–Crippen LogP) is 4.90. The van der Waals surface area contributed by atoms with Crippen molar-refractivity contribution in [1.29, 1.82) is 0 Å². The van der Waals surface area contributed by atoms with Crippen molar-refractivity contribution in [3.63, 3.8) is 0 Å². The minimum atomic E-state index is -0.110. The Kier molecular flexibility index (Phi) is 4.00. The Labute approximate surface area is 133 Å². The molecule has 2 aromatic heterocycles. The van der Waals surface area contributed by atoms with Crippen LogP contribution < -0.4 is 0 Å². The second-order valence-electron chi connectivity index (χ2n) is 5.46. The number of aromatic nitrogens is 3. The number of hydrogen-bond donors (Lipinski definition) is 0. The van der Waals surface area contributed by atoms with Gasteiger partial charge in [0.25, 0.3) is 0 Å².